The monoisotopic (exact) mass is 451 g/mol. The number of alkyl halides is 3. The number of unbranched alkanes of at least 4 members (excludes halogenated alkanes) is 1. The number of benzene rings is 2. The predicted octanol–water partition coefficient (Wildman–Crippen LogP) is 5.37. The minimum atomic E-state index is -4.72. The first-order chi connectivity index (χ1) is 15.0. The highest BCUT2D eigenvalue weighted by Gasteiger charge is 2.31. The number of oxazole rings is 1. The van der Waals surface area contributed by atoms with Crippen LogP contribution in [0.4, 0.5) is 17.6 Å². The van der Waals surface area contributed by atoms with Crippen LogP contribution in [0, 0.1) is 12.7 Å². The van der Waals surface area contributed by atoms with E-state index < -0.39 is 29.3 Å². The molecular formula is C23H21F4NO4. The molecule has 3 aromatic rings. The zero-order valence-corrected chi connectivity index (χ0v) is 17.7. The lowest BCUT2D eigenvalue weighted by atomic mass is 9.93. The molecule has 0 bridgehead atoms. The van der Waals surface area contributed by atoms with Gasteiger partial charge in [-0.05, 0) is 72.4 Å². The molecule has 1 heterocycles. The number of aromatic nitrogens is 1. The summed E-state index contributed by atoms with van der Waals surface area (Å²) in [4.78, 5) is 23.3. The van der Waals surface area contributed by atoms with Crippen LogP contribution in [0.2, 0.25) is 0 Å². The van der Waals surface area contributed by atoms with Gasteiger partial charge in [-0.15, -0.1) is 0 Å². The Kier molecular flexibility index (Phi) is 6.57. The summed E-state index contributed by atoms with van der Waals surface area (Å²) in [6.07, 6.45) is -2.21. The summed E-state index contributed by atoms with van der Waals surface area (Å²) in [6.45, 7) is 1.70. The number of rotatable bonds is 6. The van der Waals surface area contributed by atoms with Crippen molar-refractivity contribution >= 4 is 22.6 Å². The van der Waals surface area contributed by atoms with E-state index in [-0.39, 0.29) is 12.0 Å². The van der Waals surface area contributed by atoms with Gasteiger partial charge in [0.25, 0.3) is 0 Å². The van der Waals surface area contributed by atoms with E-state index in [0.717, 1.165) is 12.1 Å². The maximum absolute atomic E-state index is 14.1. The summed E-state index contributed by atoms with van der Waals surface area (Å²) in [5.74, 6) is -2.01. The van der Waals surface area contributed by atoms with Gasteiger partial charge in [-0.25, -0.2) is 9.18 Å². The third kappa shape index (κ3) is 4.92. The molecule has 3 rings (SSSR count). The van der Waals surface area contributed by atoms with Crippen LogP contribution >= 0.6 is 0 Å². The van der Waals surface area contributed by atoms with Crippen molar-refractivity contribution in [3.63, 3.8) is 0 Å². The molecular weight excluding hydrogens is 430 g/mol. The number of ether oxygens (including phenoxy) is 1. The molecule has 0 fully saturated rings. The smallest absolute Gasteiger partial charge is 0.419 e. The highest BCUT2D eigenvalue weighted by molar-refractivity contribution is 5.87. The van der Waals surface area contributed by atoms with Crippen molar-refractivity contribution in [1.29, 1.82) is 0 Å². The molecule has 0 aliphatic heterocycles. The van der Waals surface area contributed by atoms with Gasteiger partial charge < -0.3 is 9.15 Å². The Balaban J connectivity index is 2.15. The summed E-state index contributed by atoms with van der Waals surface area (Å²) in [5, 5.41) is 0. The summed E-state index contributed by atoms with van der Waals surface area (Å²) in [6, 6.07) is 5.61. The highest BCUT2D eigenvalue weighted by atomic mass is 19.4. The maximum atomic E-state index is 14.1. The van der Waals surface area contributed by atoms with Gasteiger partial charge in [0.1, 0.15) is 5.82 Å². The summed E-state index contributed by atoms with van der Waals surface area (Å²) in [5.41, 5.74) is 1.17. The van der Waals surface area contributed by atoms with E-state index in [1.807, 2.05) is 0 Å². The number of halogens is 4. The number of esters is 1. The number of carbonyl (C=O) groups excluding carboxylic acids is 1. The molecule has 2 aromatic carbocycles. The molecule has 0 saturated heterocycles. The Morgan fingerprint density at radius 2 is 1.84 bits per heavy atom. The third-order valence-electron chi connectivity index (χ3n) is 5.09. The van der Waals surface area contributed by atoms with Gasteiger partial charge in [0, 0.05) is 13.5 Å². The van der Waals surface area contributed by atoms with Gasteiger partial charge in [0.05, 0.1) is 18.2 Å². The second-order valence-corrected chi connectivity index (χ2v) is 7.38. The second kappa shape index (κ2) is 9.02. The van der Waals surface area contributed by atoms with Crippen LogP contribution in [-0.4, -0.2) is 17.6 Å². The maximum Gasteiger partial charge on any atom is 0.419 e. The van der Waals surface area contributed by atoms with Crippen LogP contribution in [0.5, 0.6) is 0 Å². The van der Waals surface area contributed by atoms with Crippen molar-refractivity contribution in [3.8, 4) is 0 Å². The molecule has 0 amide bonds. The SMILES string of the molecule is COC(=O)CCCC=C(c1cc(F)cc(C(F)(F)F)c1)c1cc(C)c2oc(=O)n(C)c2c1. The molecule has 0 radical (unpaired) electrons. The number of hydrogen-bond donors (Lipinski definition) is 0. The Bertz CT molecular complexity index is 1250. The topological polar surface area (TPSA) is 61.4 Å². The third-order valence-corrected chi connectivity index (χ3v) is 5.09. The summed E-state index contributed by atoms with van der Waals surface area (Å²) >= 11 is 0. The molecule has 0 saturated carbocycles. The van der Waals surface area contributed by atoms with Crippen LogP contribution in [0.1, 0.15) is 41.5 Å². The van der Waals surface area contributed by atoms with Crippen LogP contribution in [0.15, 0.2) is 45.6 Å². The summed E-state index contributed by atoms with van der Waals surface area (Å²) in [7, 11) is 2.78. The lowest BCUT2D eigenvalue weighted by Crippen LogP contribution is -2.08. The number of fused-ring (bicyclic) bond motifs is 1. The molecule has 170 valence electrons. The minimum Gasteiger partial charge on any atom is -0.469 e. The van der Waals surface area contributed by atoms with E-state index in [1.54, 1.807) is 25.1 Å². The molecule has 32 heavy (non-hydrogen) atoms. The molecule has 0 aliphatic carbocycles. The van der Waals surface area contributed by atoms with Gasteiger partial charge in [0.15, 0.2) is 5.58 Å². The Hall–Kier alpha value is -3.36. The molecule has 5 nitrogen and oxygen atoms in total. The molecule has 1 aromatic heterocycles. The van der Waals surface area contributed by atoms with Crippen molar-refractivity contribution in [2.24, 2.45) is 7.05 Å². The highest BCUT2D eigenvalue weighted by Crippen LogP contribution is 2.35. The Morgan fingerprint density at radius 3 is 2.50 bits per heavy atom. The first-order valence-corrected chi connectivity index (χ1v) is 9.77. The van der Waals surface area contributed by atoms with Crippen molar-refractivity contribution in [2.45, 2.75) is 32.4 Å². The molecule has 0 aliphatic rings. The van der Waals surface area contributed by atoms with E-state index in [9.17, 15) is 27.2 Å². The predicted molar refractivity (Wildman–Crippen MR) is 111 cm³/mol. The first-order valence-electron chi connectivity index (χ1n) is 9.77. The number of aryl methyl sites for hydroxylation is 2. The normalized spacial score (nSPS) is 12.4. The van der Waals surface area contributed by atoms with Crippen molar-refractivity contribution in [1.82, 2.24) is 4.57 Å². The number of carbonyl (C=O) groups is 1. The van der Waals surface area contributed by atoms with Crippen LogP contribution in [-0.2, 0) is 22.8 Å². The van der Waals surface area contributed by atoms with Gasteiger partial charge in [-0.1, -0.05) is 6.08 Å². The van der Waals surface area contributed by atoms with Gasteiger partial charge in [-0.3, -0.25) is 9.36 Å². The van der Waals surface area contributed by atoms with Crippen molar-refractivity contribution in [3.05, 3.63) is 75.0 Å². The van der Waals surface area contributed by atoms with Crippen LogP contribution in [0.25, 0.3) is 16.7 Å². The van der Waals surface area contributed by atoms with E-state index in [4.69, 9.17) is 4.42 Å². The average molecular weight is 451 g/mol. The molecule has 0 N–H and O–H groups in total. The van der Waals surface area contributed by atoms with Gasteiger partial charge in [0.2, 0.25) is 0 Å². The fourth-order valence-corrected chi connectivity index (χ4v) is 3.45. The fraction of sp³-hybridized carbons (Fsp3) is 0.304. The van der Waals surface area contributed by atoms with Crippen molar-refractivity contribution < 1.29 is 31.5 Å². The Labute approximate surface area is 180 Å². The number of allylic oxidation sites excluding steroid dienone is 1. The zero-order valence-electron chi connectivity index (χ0n) is 17.7. The lowest BCUT2D eigenvalue weighted by molar-refractivity contribution is -0.140. The minimum absolute atomic E-state index is 0.0302. The van der Waals surface area contributed by atoms with Crippen LogP contribution < -0.4 is 5.76 Å². The summed E-state index contributed by atoms with van der Waals surface area (Å²) < 4.78 is 65.1. The quantitative estimate of drug-likeness (QED) is 0.287. The standard InChI is InChI=1S/C23H21F4NO4/c1-13-8-14(11-19-21(13)32-22(30)28(19)2)18(6-4-5-7-20(29)31-3)15-9-16(23(25,26)27)12-17(24)10-15/h6,8-12H,4-5,7H2,1-3H3. The van der Waals surface area contributed by atoms with Crippen LogP contribution in [0.3, 0.4) is 0 Å². The van der Waals surface area contributed by atoms with E-state index in [0.29, 0.717) is 46.7 Å². The molecule has 0 spiro atoms. The van der Waals surface area contributed by atoms with Crippen molar-refractivity contribution in [2.75, 3.05) is 7.11 Å². The largest absolute Gasteiger partial charge is 0.469 e. The number of hydrogen-bond acceptors (Lipinski definition) is 4. The van der Waals surface area contributed by atoms with Gasteiger partial charge >= 0.3 is 17.9 Å². The molecule has 0 unspecified atom stereocenters. The fourth-order valence-electron chi connectivity index (χ4n) is 3.45. The van der Waals surface area contributed by atoms with Gasteiger partial charge in [-0.2, -0.15) is 13.2 Å². The second-order valence-electron chi connectivity index (χ2n) is 7.38. The first kappa shape index (κ1) is 23.3. The average Bonchev–Trinajstić information content (AvgIpc) is 3.01. The Morgan fingerprint density at radius 1 is 1.16 bits per heavy atom. The van der Waals surface area contributed by atoms with E-state index in [2.05, 4.69) is 4.74 Å². The molecule has 9 heteroatoms. The zero-order chi connectivity index (χ0) is 23.6. The van der Waals surface area contributed by atoms with E-state index in [1.165, 1.54) is 18.7 Å². The lowest BCUT2D eigenvalue weighted by Gasteiger charge is -2.14. The molecule has 0 atom stereocenters. The van der Waals surface area contributed by atoms with E-state index >= 15 is 0 Å². The number of methoxy groups -OCH3 is 1. The number of nitrogens with zero attached hydrogens (tertiary/aromatic N) is 1.